The van der Waals surface area contributed by atoms with Crippen molar-refractivity contribution in [1.82, 2.24) is 9.55 Å². The summed E-state index contributed by atoms with van der Waals surface area (Å²) in [6.45, 7) is 4.91. The first-order valence-electron chi connectivity index (χ1n) is 7.10. The van der Waals surface area contributed by atoms with Crippen molar-refractivity contribution in [2.45, 2.75) is 33.2 Å². The Morgan fingerprint density at radius 3 is 2.71 bits per heavy atom. The number of carbonyl (C=O) groups is 1. The fraction of sp³-hybridized carbons (Fsp3) is 0.375. The van der Waals surface area contributed by atoms with E-state index in [-0.39, 0.29) is 5.91 Å². The van der Waals surface area contributed by atoms with Gasteiger partial charge in [-0.3, -0.25) is 10.1 Å². The molecule has 0 unspecified atom stereocenters. The van der Waals surface area contributed by atoms with Gasteiger partial charge in [0.25, 0.3) is 0 Å². The molecule has 4 nitrogen and oxygen atoms in total. The number of nitrogens with zero attached hydrogens (tertiary/aromatic N) is 2. The Morgan fingerprint density at radius 1 is 1.33 bits per heavy atom. The number of aromatic nitrogens is 2. The second kappa shape index (κ2) is 7.41. The van der Waals surface area contributed by atoms with Crippen molar-refractivity contribution < 1.29 is 4.79 Å². The molecule has 1 N–H and O–H groups in total. The molecule has 2 rings (SSSR count). The number of carbonyl (C=O) groups excluding carboxylic acids is 1. The van der Waals surface area contributed by atoms with Crippen molar-refractivity contribution in [2.75, 3.05) is 5.32 Å². The average molecular weight is 350 g/mol. The summed E-state index contributed by atoms with van der Waals surface area (Å²) in [6.07, 6.45) is 5.00. The Labute approximate surface area is 133 Å². The molecule has 1 aromatic carbocycles. The monoisotopic (exact) mass is 349 g/mol. The van der Waals surface area contributed by atoms with Crippen LogP contribution in [-0.2, 0) is 11.3 Å². The largest absolute Gasteiger partial charge is 0.313 e. The number of anilines is 1. The van der Waals surface area contributed by atoms with Gasteiger partial charge in [0.15, 0.2) is 0 Å². The first-order chi connectivity index (χ1) is 10.0. The zero-order valence-corrected chi connectivity index (χ0v) is 13.9. The number of nitrogens with one attached hydrogen (secondary N) is 1. The molecule has 0 fully saturated rings. The molecule has 0 atom stereocenters. The minimum absolute atomic E-state index is 0.0203. The van der Waals surface area contributed by atoms with Gasteiger partial charge < -0.3 is 4.57 Å². The van der Waals surface area contributed by atoms with E-state index in [2.05, 4.69) is 52.2 Å². The number of rotatable bonds is 6. The van der Waals surface area contributed by atoms with Gasteiger partial charge in [-0.1, -0.05) is 41.9 Å². The summed E-state index contributed by atoms with van der Waals surface area (Å²) in [5, 5.41) is 2.88. The third-order valence-electron chi connectivity index (χ3n) is 3.18. The second-order valence-corrected chi connectivity index (χ2v) is 6.40. The van der Waals surface area contributed by atoms with Gasteiger partial charge in [-0.2, -0.15) is 0 Å². The molecule has 1 heterocycles. The molecule has 0 bridgehead atoms. The highest BCUT2D eigenvalue weighted by molar-refractivity contribution is 9.10. The van der Waals surface area contributed by atoms with Crippen LogP contribution in [0.2, 0.25) is 0 Å². The van der Waals surface area contributed by atoms with Gasteiger partial charge in [0, 0.05) is 23.3 Å². The summed E-state index contributed by atoms with van der Waals surface area (Å²) >= 11 is 3.42. The topological polar surface area (TPSA) is 46.9 Å². The highest BCUT2D eigenvalue weighted by atomic mass is 79.9. The second-order valence-electron chi connectivity index (χ2n) is 5.49. The molecule has 1 aromatic heterocycles. The first kappa shape index (κ1) is 15.8. The van der Waals surface area contributed by atoms with Crippen molar-refractivity contribution in [2.24, 2.45) is 5.92 Å². The van der Waals surface area contributed by atoms with E-state index in [1.165, 1.54) is 0 Å². The molecule has 0 aliphatic heterocycles. The summed E-state index contributed by atoms with van der Waals surface area (Å²) in [5.41, 5.74) is 1.16. The maximum absolute atomic E-state index is 11.9. The SMILES string of the molecule is CC(C)CCC(=O)Nc1nccn1Cc1ccc(Br)cc1. The van der Waals surface area contributed by atoms with Gasteiger partial charge in [0.1, 0.15) is 0 Å². The van der Waals surface area contributed by atoms with E-state index in [1.807, 2.05) is 22.9 Å². The number of halogens is 1. The summed E-state index contributed by atoms with van der Waals surface area (Å²) in [6, 6.07) is 8.11. The van der Waals surface area contributed by atoms with Crippen LogP contribution in [-0.4, -0.2) is 15.5 Å². The van der Waals surface area contributed by atoms with Gasteiger partial charge >= 0.3 is 0 Å². The summed E-state index contributed by atoms with van der Waals surface area (Å²) < 4.78 is 3.00. The molecular weight excluding hydrogens is 330 g/mol. The molecule has 0 saturated heterocycles. The minimum Gasteiger partial charge on any atom is -0.313 e. The molecular formula is C16H20BrN3O. The molecule has 0 aliphatic rings. The van der Waals surface area contributed by atoms with Gasteiger partial charge in [-0.25, -0.2) is 4.98 Å². The van der Waals surface area contributed by atoms with Crippen LogP contribution in [0.1, 0.15) is 32.3 Å². The lowest BCUT2D eigenvalue weighted by molar-refractivity contribution is -0.116. The van der Waals surface area contributed by atoms with E-state index in [4.69, 9.17) is 0 Å². The average Bonchev–Trinajstić information content (AvgIpc) is 2.86. The van der Waals surface area contributed by atoms with Crippen LogP contribution in [0.5, 0.6) is 0 Å². The third-order valence-corrected chi connectivity index (χ3v) is 3.71. The van der Waals surface area contributed by atoms with Crippen LogP contribution in [0.3, 0.4) is 0 Å². The summed E-state index contributed by atoms with van der Waals surface area (Å²) in [5.74, 6) is 1.15. The zero-order valence-electron chi connectivity index (χ0n) is 12.3. The smallest absolute Gasteiger partial charge is 0.226 e. The maximum Gasteiger partial charge on any atom is 0.226 e. The molecule has 112 valence electrons. The standard InChI is InChI=1S/C16H20BrN3O/c1-12(2)3-8-15(21)19-16-18-9-10-20(16)11-13-4-6-14(17)7-5-13/h4-7,9-10,12H,3,8,11H2,1-2H3,(H,18,19,21). The van der Waals surface area contributed by atoms with Crippen molar-refractivity contribution in [3.63, 3.8) is 0 Å². The van der Waals surface area contributed by atoms with Crippen LogP contribution < -0.4 is 5.32 Å². The predicted octanol–water partition coefficient (Wildman–Crippen LogP) is 4.07. The molecule has 0 radical (unpaired) electrons. The predicted molar refractivity (Wildman–Crippen MR) is 88.2 cm³/mol. The van der Waals surface area contributed by atoms with Crippen LogP contribution in [0, 0.1) is 5.92 Å². The Bertz CT molecular complexity index is 590. The van der Waals surface area contributed by atoms with Crippen LogP contribution in [0.15, 0.2) is 41.1 Å². The molecule has 0 saturated carbocycles. The van der Waals surface area contributed by atoms with E-state index in [9.17, 15) is 4.79 Å². The normalized spacial score (nSPS) is 10.9. The van der Waals surface area contributed by atoms with Crippen LogP contribution >= 0.6 is 15.9 Å². The van der Waals surface area contributed by atoms with Crippen molar-refractivity contribution in [3.8, 4) is 0 Å². The lowest BCUT2D eigenvalue weighted by Crippen LogP contribution is -2.16. The Kier molecular flexibility index (Phi) is 5.56. The van der Waals surface area contributed by atoms with E-state index in [0.717, 1.165) is 16.5 Å². The fourth-order valence-electron chi connectivity index (χ4n) is 1.95. The molecule has 1 amide bonds. The van der Waals surface area contributed by atoms with Crippen molar-refractivity contribution >= 4 is 27.8 Å². The minimum atomic E-state index is 0.0203. The fourth-order valence-corrected chi connectivity index (χ4v) is 2.22. The third kappa shape index (κ3) is 5.01. The van der Waals surface area contributed by atoms with E-state index >= 15 is 0 Å². The summed E-state index contributed by atoms with van der Waals surface area (Å²) in [4.78, 5) is 16.1. The summed E-state index contributed by atoms with van der Waals surface area (Å²) in [7, 11) is 0. The highest BCUT2D eigenvalue weighted by Gasteiger charge is 2.09. The number of hydrogen-bond donors (Lipinski definition) is 1. The van der Waals surface area contributed by atoms with Crippen LogP contribution in [0.25, 0.3) is 0 Å². The Balaban J connectivity index is 1.98. The molecule has 0 spiro atoms. The maximum atomic E-state index is 11.9. The van der Waals surface area contributed by atoms with Gasteiger partial charge in [-0.15, -0.1) is 0 Å². The van der Waals surface area contributed by atoms with Gasteiger partial charge in [0.2, 0.25) is 11.9 Å². The highest BCUT2D eigenvalue weighted by Crippen LogP contribution is 2.14. The zero-order chi connectivity index (χ0) is 15.2. The molecule has 5 heteroatoms. The Hall–Kier alpha value is -1.62. The van der Waals surface area contributed by atoms with Crippen molar-refractivity contribution in [1.29, 1.82) is 0 Å². The van der Waals surface area contributed by atoms with E-state index in [1.54, 1.807) is 6.20 Å². The molecule has 0 aliphatic carbocycles. The molecule has 21 heavy (non-hydrogen) atoms. The number of amides is 1. The van der Waals surface area contributed by atoms with Crippen molar-refractivity contribution in [3.05, 3.63) is 46.7 Å². The lowest BCUT2D eigenvalue weighted by Gasteiger charge is -2.10. The quantitative estimate of drug-likeness (QED) is 0.854. The van der Waals surface area contributed by atoms with Gasteiger partial charge in [0.05, 0.1) is 6.54 Å². The van der Waals surface area contributed by atoms with Gasteiger partial charge in [-0.05, 0) is 30.0 Å². The number of benzene rings is 1. The van der Waals surface area contributed by atoms with Crippen LogP contribution in [0.4, 0.5) is 5.95 Å². The molecule has 2 aromatic rings. The number of imidazole rings is 1. The van der Waals surface area contributed by atoms with E-state index in [0.29, 0.717) is 24.8 Å². The first-order valence-corrected chi connectivity index (χ1v) is 7.89. The lowest BCUT2D eigenvalue weighted by atomic mass is 10.1. The number of hydrogen-bond acceptors (Lipinski definition) is 2. The Morgan fingerprint density at radius 2 is 2.05 bits per heavy atom. The van der Waals surface area contributed by atoms with E-state index < -0.39 is 0 Å².